The summed E-state index contributed by atoms with van der Waals surface area (Å²) in [7, 11) is 0. The molecule has 13 heteroatoms. The van der Waals surface area contributed by atoms with Crippen LogP contribution < -0.4 is 14.9 Å². The van der Waals surface area contributed by atoms with Gasteiger partial charge in [0.05, 0.1) is 29.5 Å². The van der Waals surface area contributed by atoms with E-state index in [1.54, 1.807) is 31.2 Å². The van der Waals surface area contributed by atoms with Crippen LogP contribution in [0.15, 0.2) is 47.4 Å². The molecule has 0 radical (unpaired) electrons. The van der Waals surface area contributed by atoms with Crippen molar-refractivity contribution >= 4 is 57.8 Å². The van der Waals surface area contributed by atoms with Crippen molar-refractivity contribution in [2.24, 2.45) is 0 Å². The molecule has 2 amide bonds. The number of nitrogens with one attached hydrogen (secondary N) is 1. The van der Waals surface area contributed by atoms with Gasteiger partial charge in [0.2, 0.25) is 0 Å². The zero-order valence-electron chi connectivity index (χ0n) is 18.3. The number of hydrazine groups is 1. The van der Waals surface area contributed by atoms with E-state index in [1.807, 2.05) is 0 Å². The highest BCUT2D eigenvalue weighted by molar-refractivity contribution is 8.26. The van der Waals surface area contributed by atoms with E-state index >= 15 is 0 Å². The molecule has 0 unspecified atom stereocenters. The van der Waals surface area contributed by atoms with Crippen molar-refractivity contribution in [1.82, 2.24) is 10.4 Å². The van der Waals surface area contributed by atoms with Crippen LogP contribution >= 0.6 is 24.0 Å². The van der Waals surface area contributed by atoms with E-state index in [4.69, 9.17) is 26.8 Å². The Labute approximate surface area is 208 Å². The monoisotopic (exact) mass is 517 g/mol. The number of para-hydroxylation sites is 1. The summed E-state index contributed by atoms with van der Waals surface area (Å²) in [4.78, 5) is 46.9. The Bertz CT molecular complexity index is 1230. The van der Waals surface area contributed by atoms with Crippen LogP contribution in [0.1, 0.15) is 29.3 Å². The largest absolute Gasteiger partial charge is 0.490 e. The average molecular weight is 518 g/mol. The quantitative estimate of drug-likeness (QED) is 0.208. The molecule has 0 spiro atoms. The van der Waals surface area contributed by atoms with E-state index in [2.05, 4.69) is 5.43 Å². The van der Waals surface area contributed by atoms with Crippen molar-refractivity contribution in [3.63, 3.8) is 0 Å². The number of hydrogen-bond acceptors (Lipinski definition) is 9. The molecule has 0 atom stereocenters. The lowest BCUT2D eigenvalue weighted by molar-refractivity contribution is -0.385. The number of rotatable bonds is 10. The van der Waals surface area contributed by atoms with Gasteiger partial charge in [0.1, 0.15) is 5.56 Å². The number of nitro benzene ring substituents is 1. The van der Waals surface area contributed by atoms with Crippen LogP contribution in [-0.4, -0.2) is 50.4 Å². The standard InChI is InChI=1S/C22H19N3O8S2/c1-2-32-17-11-13(7-8-16(17)33-10-9-19(26)27)12-18-21(29)24(22(34)35-18)23-20(28)14-5-3-4-6-15(14)25(30)31/h3-8,11-12H,2,9-10H2,1H3,(H,23,28)(H,26,27)/b18-12+. The first-order valence-corrected chi connectivity index (χ1v) is 11.4. The lowest BCUT2D eigenvalue weighted by atomic mass is 10.1. The molecular formula is C22H19N3O8S2. The third kappa shape index (κ3) is 6.33. The third-order valence-electron chi connectivity index (χ3n) is 4.49. The summed E-state index contributed by atoms with van der Waals surface area (Å²) in [5.74, 6) is -1.72. The number of nitrogens with zero attached hydrogens (tertiary/aromatic N) is 2. The van der Waals surface area contributed by atoms with Crippen LogP contribution in [-0.2, 0) is 9.59 Å². The highest BCUT2D eigenvalue weighted by Gasteiger charge is 2.34. The summed E-state index contributed by atoms with van der Waals surface area (Å²) < 4.78 is 11.1. The van der Waals surface area contributed by atoms with Crippen molar-refractivity contribution < 1.29 is 33.9 Å². The molecule has 0 bridgehead atoms. The summed E-state index contributed by atoms with van der Waals surface area (Å²) in [6, 6.07) is 10.2. The van der Waals surface area contributed by atoms with Gasteiger partial charge < -0.3 is 14.6 Å². The van der Waals surface area contributed by atoms with Gasteiger partial charge in [-0.15, -0.1) is 0 Å². The Balaban J connectivity index is 1.78. The van der Waals surface area contributed by atoms with Gasteiger partial charge in [0.25, 0.3) is 17.5 Å². The van der Waals surface area contributed by atoms with Crippen LogP contribution in [0.25, 0.3) is 6.08 Å². The Kier molecular flexibility index (Phi) is 8.39. The van der Waals surface area contributed by atoms with E-state index in [0.29, 0.717) is 23.7 Å². The van der Waals surface area contributed by atoms with Gasteiger partial charge in [-0.25, -0.2) is 0 Å². The number of hydrogen-bond donors (Lipinski definition) is 2. The van der Waals surface area contributed by atoms with Gasteiger partial charge in [-0.2, -0.15) is 5.01 Å². The fourth-order valence-corrected chi connectivity index (χ4v) is 4.13. The smallest absolute Gasteiger partial charge is 0.306 e. The van der Waals surface area contributed by atoms with Crippen LogP contribution in [0.5, 0.6) is 11.5 Å². The number of carbonyl (C=O) groups excluding carboxylic acids is 2. The molecule has 1 fully saturated rings. The molecule has 11 nitrogen and oxygen atoms in total. The summed E-state index contributed by atoms with van der Waals surface area (Å²) in [6.45, 7) is 2.07. The minimum absolute atomic E-state index is 0.0350. The van der Waals surface area contributed by atoms with Crippen LogP contribution in [0.4, 0.5) is 5.69 Å². The second-order valence-electron chi connectivity index (χ2n) is 6.86. The molecule has 0 saturated carbocycles. The van der Waals surface area contributed by atoms with Gasteiger partial charge in [0, 0.05) is 6.07 Å². The molecule has 2 aromatic carbocycles. The number of aliphatic carboxylic acids is 1. The minimum atomic E-state index is -0.990. The van der Waals surface area contributed by atoms with E-state index in [1.165, 1.54) is 24.3 Å². The number of carboxylic acids is 1. The number of thiocarbonyl (C=S) groups is 1. The highest BCUT2D eigenvalue weighted by atomic mass is 32.2. The Hall–Kier alpha value is -3.97. The van der Waals surface area contributed by atoms with E-state index in [-0.39, 0.29) is 27.8 Å². The SMILES string of the molecule is CCOc1cc(/C=C2/SC(=S)N(NC(=O)c3ccccc3[N+](=O)[O-])C2=O)ccc1OCCC(=O)O. The van der Waals surface area contributed by atoms with Gasteiger partial charge >= 0.3 is 5.97 Å². The van der Waals surface area contributed by atoms with Gasteiger partial charge in [-0.1, -0.05) is 30.0 Å². The first-order valence-electron chi connectivity index (χ1n) is 10.1. The zero-order chi connectivity index (χ0) is 25.5. The second-order valence-corrected chi connectivity index (χ2v) is 8.54. The number of benzene rings is 2. The van der Waals surface area contributed by atoms with Gasteiger partial charge in [-0.3, -0.25) is 29.9 Å². The Morgan fingerprint density at radius 1 is 1.23 bits per heavy atom. The lowest BCUT2D eigenvalue weighted by Gasteiger charge is -2.15. The lowest BCUT2D eigenvalue weighted by Crippen LogP contribution is -2.45. The molecule has 0 aromatic heterocycles. The van der Waals surface area contributed by atoms with Gasteiger partial charge in [0.15, 0.2) is 15.8 Å². The van der Waals surface area contributed by atoms with Crippen molar-refractivity contribution in [1.29, 1.82) is 0 Å². The minimum Gasteiger partial charge on any atom is -0.490 e. The van der Waals surface area contributed by atoms with Gasteiger partial charge in [-0.05, 0) is 49.0 Å². The molecule has 0 aliphatic carbocycles. The molecule has 2 aromatic rings. The average Bonchev–Trinajstić information content (AvgIpc) is 3.07. The molecule has 1 heterocycles. The van der Waals surface area contributed by atoms with E-state index in [9.17, 15) is 24.5 Å². The number of carbonyl (C=O) groups is 3. The summed E-state index contributed by atoms with van der Waals surface area (Å²) in [5, 5.41) is 20.8. The van der Waals surface area contributed by atoms with E-state index in [0.717, 1.165) is 16.8 Å². The maximum atomic E-state index is 12.9. The van der Waals surface area contributed by atoms with Crippen LogP contribution in [0.2, 0.25) is 0 Å². The third-order valence-corrected chi connectivity index (χ3v) is 5.79. The van der Waals surface area contributed by atoms with Crippen LogP contribution in [0.3, 0.4) is 0 Å². The highest BCUT2D eigenvalue weighted by Crippen LogP contribution is 2.34. The fourth-order valence-electron chi connectivity index (χ4n) is 2.95. The summed E-state index contributed by atoms with van der Waals surface area (Å²) in [6.07, 6.45) is 1.37. The topological polar surface area (TPSA) is 148 Å². The number of amides is 2. The summed E-state index contributed by atoms with van der Waals surface area (Å²) >= 11 is 6.15. The zero-order valence-corrected chi connectivity index (χ0v) is 19.9. The number of thioether (sulfide) groups is 1. The Morgan fingerprint density at radius 3 is 2.66 bits per heavy atom. The first-order chi connectivity index (χ1) is 16.7. The predicted octanol–water partition coefficient (Wildman–Crippen LogP) is 3.39. The molecule has 1 saturated heterocycles. The molecule has 1 aliphatic heterocycles. The second kappa shape index (κ2) is 11.4. The number of nitro groups is 1. The molecule has 35 heavy (non-hydrogen) atoms. The summed E-state index contributed by atoms with van der Waals surface area (Å²) in [5.41, 5.74) is 2.28. The van der Waals surface area contributed by atoms with Crippen molar-refractivity contribution in [2.75, 3.05) is 13.2 Å². The number of ether oxygens (including phenoxy) is 2. The van der Waals surface area contributed by atoms with Crippen molar-refractivity contribution in [3.05, 3.63) is 68.6 Å². The van der Waals surface area contributed by atoms with Crippen molar-refractivity contribution in [3.8, 4) is 11.5 Å². The van der Waals surface area contributed by atoms with Crippen LogP contribution in [0, 0.1) is 10.1 Å². The first kappa shape index (κ1) is 25.6. The molecular weight excluding hydrogens is 498 g/mol. The molecule has 1 aliphatic rings. The predicted molar refractivity (Wildman–Crippen MR) is 131 cm³/mol. The maximum Gasteiger partial charge on any atom is 0.306 e. The molecule has 2 N–H and O–H groups in total. The molecule has 182 valence electrons. The van der Waals surface area contributed by atoms with Crippen molar-refractivity contribution in [2.45, 2.75) is 13.3 Å². The van der Waals surface area contributed by atoms with E-state index < -0.39 is 28.4 Å². The Morgan fingerprint density at radius 2 is 1.97 bits per heavy atom. The fraction of sp³-hybridized carbons (Fsp3) is 0.182. The maximum absolute atomic E-state index is 12.9. The number of carboxylic acid groups (broad SMARTS) is 1. The normalized spacial score (nSPS) is 14.2. The molecule has 3 rings (SSSR count).